The molecule has 30 heavy (non-hydrogen) atoms. The lowest BCUT2D eigenvalue weighted by Crippen LogP contribution is -2.24. The Morgan fingerprint density at radius 2 is 1.97 bits per heavy atom. The van der Waals surface area contributed by atoms with Gasteiger partial charge in [-0.3, -0.25) is 14.2 Å². The number of thioether (sulfide) groups is 1. The highest BCUT2D eigenvalue weighted by molar-refractivity contribution is 7.99. The number of aromatic nitrogens is 2. The van der Waals surface area contributed by atoms with Crippen LogP contribution in [0.5, 0.6) is 0 Å². The number of hydrogen-bond donors (Lipinski definition) is 1. The van der Waals surface area contributed by atoms with Gasteiger partial charge in [0.05, 0.1) is 5.75 Å². The molecule has 0 unspecified atom stereocenters. The molecule has 0 fully saturated rings. The molecule has 0 aliphatic carbocycles. The van der Waals surface area contributed by atoms with E-state index in [1.54, 1.807) is 12.3 Å². The molecule has 0 aliphatic heterocycles. The Bertz CT molecular complexity index is 1040. The van der Waals surface area contributed by atoms with E-state index in [-0.39, 0.29) is 11.7 Å². The average Bonchev–Trinajstić information content (AvgIpc) is 3.22. The van der Waals surface area contributed by atoms with Crippen molar-refractivity contribution in [1.82, 2.24) is 14.9 Å². The molecule has 0 saturated heterocycles. The molecule has 0 radical (unpaired) electrons. The Hall–Kier alpha value is -2.86. The van der Waals surface area contributed by atoms with E-state index in [0.717, 1.165) is 40.4 Å². The number of amides is 1. The van der Waals surface area contributed by atoms with Gasteiger partial charge in [-0.1, -0.05) is 48.9 Å². The normalized spacial score (nSPS) is 10.8. The van der Waals surface area contributed by atoms with Crippen LogP contribution in [0, 0.1) is 13.8 Å². The van der Waals surface area contributed by atoms with Gasteiger partial charge in [-0.15, -0.1) is 0 Å². The number of imidazole rings is 1. The highest BCUT2D eigenvalue weighted by Gasteiger charge is 2.14. The second-order valence-electron chi connectivity index (χ2n) is 7.27. The first-order chi connectivity index (χ1) is 14.5. The Balaban J connectivity index is 1.72. The SMILES string of the molecule is CCCCNC(=O)c1cccc(-n2ccnc2SCC(=O)c2cc(C)ccc2C)c1. The average molecular weight is 422 g/mol. The van der Waals surface area contributed by atoms with Crippen molar-refractivity contribution in [2.75, 3.05) is 12.3 Å². The lowest BCUT2D eigenvalue weighted by atomic mass is 10.0. The van der Waals surface area contributed by atoms with Crippen molar-refractivity contribution in [2.45, 2.75) is 38.8 Å². The van der Waals surface area contributed by atoms with Gasteiger partial charge in [0.25, 0.3) is 5.91 Å². The van der Waals surface area contributed by atoms with Gasteiger partial charge in [0.1, 0.15) is 0 Å². The third kappa shape index (κ3) is 5.39. The number of Topliss-reactive ketones (excluding diaryl/α,β-unsaturated/α-hetero) is 1. The van der Waals surface area contributed by atoms with Crippen LogP contribution < -0.4 is 5.32 Å². The summed E-state index contributed by atoms with van der Waals surface area (Å²) in [4.78, 5) is 29.5. The summed E-state index contributed by atoms with van der Waals surface area (Å²) >= 11 is 1.40. The van der Waals surface area contributed by atoms with Gasteiger partial charge in [0, 0.05) is 35.8 Å². The Kier molecular flexibility index (Phi) is 7.46. The fourth-order valence-corrected chi connectivity index (χ4v) is 3.97. The highest BCUT2D eigenvalue weighted by atomic mass is 32.2. The van der Waals surface area contributed by atoms with E-state index in [4.69, 9.17) is 0 Å². The van der Waals surface area contributed by atoms with Gasteiger partial charge in [0.2, 0.25) is 0 Å². The smallest absolute Gasteiger partial charge is 0.251 e. The summed E-state index contributed by atoms with van der Waals surface area (Å²) in [7, 11) is 0. The number of benzene rings is 2. The molecule has 156 valence electrons. The Labute approximate surface area is 181 Å². The molecule has 1 heterocycles. The number of unbranched alkanes of at least 4 members (excludes halogenated alkanes) is 1. The minimum absolute atomic E-state index is 0.0790. The quantitative estimate of drug-likeness (QED) is 0.300. The van der Waals surface area contributed by atoms with Gasteiger partial charge in [-0.05, 0) is 50.1 Å². The summed E-state index contributed by atoms with van der Waals surface area (Å²) < 4.78 is 1.91. The molecule has 3 rings (SSSR count). The van der Waals surface area contributed by atoms with Crippen LogP contribution in [0.2, 0.25) is 0 Å². The maximum atomic E-state index is 12.7. The van der Waals surface area contributed by atoms with Crippen LogP contribution in [0.3, 0.4) is 0 Å². The van der Waals surface area contributed by atoms with Crippen molar-refractivity contribution in [3.8, 4) is 5.69 Å². The number of aryl methyl sites for hydroxylation is 2. The van der Waals surface area contributed by atoms with Crippen molar-refractivity contribution in [3.63, 3.8) is 0 Å². The first kappa shape index (κ1) is 21.8. The van der Waals surface area contributed by atoms with Gasteiger partial charge in [-0.2, -0.15) is 0 Å². The largest absolute Gasteiger partial charge is 0.352 e. The van der Waals surface area contributed by atoms with Gasteiger partial charge in [-0.25, -0.2) is 4.98 Å². The summed E-state index contributed by atoms with van der Waals surface area (Å²) in [6, 6.07) is 13.4. The molecule has 0 saturated carbocycles. The van der Waals surface area contributed by atoms with Crippen LogP contribution in [-0.4, -0.2) is 33.5 Å². The maximum Gasteiger partial charge on any atom is 0.251 e. The van der Waals surface area contributed by atoms with Crippen LogP contribution >= 0.6 is 11.8 Å². The van der Waals surface area contributed by atoms with Crippen LogP contribution in [0.4, 0.5) is 0 Å². The molecule has 0 spiro atoms. The number of carbonyl (C=O) groups is 2. The fraction of sp³-hybridized carbons (Fsp3) is 0.292. The zero-order valence-corrected chi connectivity index (χ0v) is 18.5. The molecule has 0 bridgehead atoms. The zero-order valence-electron chi connectivity index (χ0n) is 17.6. The number of carbonyl (C=O) groups excluding carboxylic acids is 2. The number of ketones is 1. The second kappa shape index (κ2) is 10.3. The summed E-state index contributed by atoms with van der Waals surface area (Å²) in [5, 5.41) is 3.66. The molecule has 5 nitrogen and oxygen atoms in total. The van der Waals surface area contributed by atoms with Gasteiger partial charge in [0.15, 0.2) is 10.9 Å². The van der Waals surface area contributed by atoms with Crippen molar-refractivity contribution in [3.05, 3.63) is 77.1 Å². The minimum Gasteiger partial charge on any atom is -0.352 e. The number of nitrogens with one attached hydrogen (secondary N) is 1. The third-order valence-corrected chi connectivity index (χ3v) is 5.80. The molecule has 1 amide bonds. The summed E-state index contributed by atoms with van der Waals surface area (Å²) in [5.74, 6) is 0.308. The zero-order chi connectivity index (χ0) is 21.5. The van der Waals surface area contributed by atoms with Crippen LogP contribution in [0.25, 0.3) is 5.69 Å². The van der Waals surface area contributed by atoms with Gasteiger partial charge >= 0.3 is 0 Å². The van der Waals surface area contributed by atoms with Crippen LogP contribution in [-0.2, 0) is 0 Å². The van der Waals surface area contributed by atoms with E-state index in [9.17, 15) is 9.59 Å². The molecule has 3 aromatic rings. The van der Waals surface area contributed by atoms with Crippen molar-refractivity contribution in [2.24, 2.45) is 0 Å². The molecule has 2 aromatic carbocycles. The Morgan fingerprint density at radius 1 is 1.13 bits per heavy atom. The molecular formula is C24H27N3O2S. The van der Waals surface area contributed by atoms with E-state index in [1.807, 2.05) is 61.0 Å². The van der Waals surface area contributed by atoms with E-state index in [0.29, 0.717) is 17.9 Å². The van der Waals surface area contributed by atoms with Crippen LogP contribution in [0.1, 0.15) is 51.6 Å². The van der Waals surface area contributed by atoms with Gasteiger partial charge < -0.3 is 5.32 Å². The van der Waals surface area contributed by atoms with Crippen molar-refractivity contribution >= 4 is 23.5 Å². The first-order valence-electron chi connectivity index (χ1n) is 10.1. The topological polar surface area (TPSA) is 64.0 Å². The highest BCUT2D eigenvalue weighted by Crippen LogP contribution is 2.23. The standard InChI is InChI=1S/C24H27N3O2S/c1-4-5-11-25-23(29)19-7-6-8-20(15-19)27-13-12-26-24(27)30-16-22(28)21-14-17(2)9-10-18(21)3/h6-10,12-15H,4-5,11,16H2,1-3H3,(H,25,29). The first-order valence-corrected chi connectivity index (χ1v) is 11.1. The number of hydrogen-bond acceptors (Lipinski definition) is 4. The van der Waals surface area contributed by atoms with E-state index >= 15 is 0 Å². The Morgan fingerprint density at radius 3 is 2.77 bits per heavy atom. The molecule has 0 aliphatic rings. The summed E-state index contributed by atoms with van der Waals surface area (Å²) in [5.41, 5.74) is 4.27. The van der Waals surface area contributed by atoms with E-state index in [2.05, 4.69) is 17.2 Å². The number of nitrogens with zero attached hydrogens (tertiary/aromatic N) is 2. The molecule has 0 atom stereocenters. The second-order valence-corrected chi connectivity index (χ2v) is 8.21. The summed E-state index contributed by atoms with van der Waals surface area (Å²) in [6.45, 7) is 6.71. The third-order valence-electron chi connectivity index (χ3n) is 4.84. The number of rotatable bonds is 9. The summed E-state index contributed by atoms with van der Waals surface area (Å²) in [6.07, 6.45) is 5.55. The van der Waals surface area contributed by atoms with Crippen molar-refractivity contribution < 1.29 is 9.59 Å². The molecule has 1 N–H and O–H groups in total. The fourth-order valence-electron chi connectivity index (χ4n) is 3.11. The maximum absolute atomic E-state index is 12.7. The lowest BCUT2D eigenvalue weighted by Gasteiger charge is -2.10. The predicted octanol–water partition coefficient (Wildman–Crippen LogP) is 4.99. The van der Waals surface area contributed by atoms with E-state index < -0.39 is 0 Å². The van der Waals surface area contributed by atoms with Crippen LogP contribution in [0.15, 0.2) is 60.0 Å². The van der Waals surface area contributed by atoms with E-state index in [1.165, 1.54) is 11.8 Å². The molecular weight excluding hydrogens is 394 g/mol. The molecule has 6 heteroatoms. The lowest BCUT2D eigenvalue weighted by molar-refractivity contribution is 0.0952. The molecule has 1 aromatic heterocycles. The van der Waals surface area contributed by atoms with Crippen molar-refractivity contribution in [1.29, 1.82) is 0 Å². The monoisotopic (exact) mass is 421 g/mol. The minimum atomic E-state index is -0.0790. The predicted molar refractivity (Wildman–Crippen MR) is 122 cm³/mol.